The molecule has 124 valence electrons. The number of nitrogens with one attached hydrogen (secondary N) is 1. The lowest BCUT2D eigenvalue weighted by Crippen LogP contribution is -2.20. The Morgan fingerprint density at radius 2 is 1.88 bits per heavy atom. The van der Waals surface area contributed by atoms with E-state index < -0.39 is 0 Å². The summed E-state index contributed by atoms with van der Waals surface area (Å²) in [6, 6.07) is 14.3. The summed E-state index contributed by atoms with van der Waals surface area (Å²) < 4.78 is 1.01. The van der Waals surface area contributed by atoms with E-state index in [4.69, 9.17) is 5.41 Å². The minimum atomic E-state index is 0.0897. The van der Waals surface area contributed by atoms with E-state index in [-0.39, 0.29) is 23.9 Å². The summed E-state index contributed by atoms with van der Waals surface area (Å²) in [6.45, 7) is 0.138. The summed E-state index contributed by atoms with van der Waals surface area (Å²) in [5.74, 6) is 0.391. The van der Waals surface area contributed by atoms with Gasteiger partial charge in [0.25, 0.3) is 0 Å². The molecule has 0 saturated heterocycles. The minimum Gasteiger partial charge on any atom is -0.509 e. The van der Waals surface area contributed by atoms with Crippen molar-refractivity contribution in [2.75, 3.05) is 6.54 Å². The monoisotopic (exact) mass is 350 g/mol. The number of nitrogens with zero attached hydrogens (tertiary/aromatic N) is 3. The van der Waals surface area contributed by atoms with Crippen LogP contribution in [0.5, 0.6) is 5.75 Å². The number of phenolic OH excluding ortho intramolecular Hbond substituents is 1. The fourth-order valence-electron chi connectivity index (χ4n) is 2.56. The number of aliphatic hydroxyl groups is 1. The second kappa shape index (κ2) is 6.03. The first-order chi connectivity index (χ1) is 12.1. The third-order valence-corrected chi connectivity index (χ3v) is 4.88. The summed E-state index contributed by atoms with van der Waals surface area (Å²) in [5, 5.41) is 34.2. The molecule has 3 aromatic rings. The van der Waals surface area contributed by atoms with Crippen molar-refractivity contribution < 1.29 is 10.2 Å². The first kappa shape index (κ1) is 15.3. The Hall–Kier alpha value is -3.19. The zero-order valence-electron chi connectivity index (χ0n) is 13.0. The van der Waals surface area contributed by atoms with Gasteiger partial charge >= 0.3 is 0 Å². The molecule has 6 nitrogen and oxygen atoms in total. The Kier molecular flexibility index (Phi) is 3.70. The maximum atomic E-state index is 10.3. The number of aromatic nitrogens is 1. The van der Waals surface area contributed by atoms with Crippen molar-refractivity contribution in [3.8, 4) is 5.75 Å². The standard InChI is InChI=1S/C18H14N4O2S/c19-17-16(18-21-13-3-1-2-4-15(13)25-18)14(24)10-22(17)20-9-11-5-7-12(23)8-6-11/h1-9,19,23-24H,10H2. The fraction of sp³-hybridized carbons (Fsp3) is 0.0556. The van der Waals surface area contributed by atoms with Crippen LogP contribution in [0.25, 0.3) is 15.8 Å². The lowest BCUT2D eigenvalue weighted by Gasteiger charge is -2.11. The third kappa shape index (κ3) is 2.85. The normalized spacial score (nSPS) is 15.0. The van der Waals surface area contributed by atoms with Crippen molar-refractivity contribution in [2.24, 2.45) is 5.10 Å². The van der Waals surface area contributed by atoms with Crippen LogP contribution in [-0.2, 0) is 0 Å². The molecule has 0 aliphatic carbocycles. The van der Waals surface area contributed by atoms with Gasteiger partial charge in [-0.15, -0.1) is 11.3 Å². The molecule has 2 aromatic carbocycles. The molecule has 0 atom stereocenters. The first-order valence-electron chi connectivity index (χ1n) is 7.59. The number of benzene rings is 2. The van der Waals surface area contributed by atoms with Crippen LogP contribution in [-0.4, -0.2) is 38.8 Å². The highest BCUT2D eigenvalue weighted by molar-refractivity contribution is 7.19. The topological polar surface area (TPSA) is 92.8 Å². The Balaban J connectivity index is 1.59. The van der Waals surface area contributed by atoms with Gasteiger partial charge in [-0.3, -0.25) is 5.41 Å². The number of amidine groups is 1. The average Bonchev–Trinajstić information content (AvgIpc) is 3.14. The maximum absolute atomic E-state index is 10.3. The van der Waals surface area contributed by atoms with Crippen molar-refractivity contribution in [1.29, 1.82) is 5.41 Å². The second-order valence-electron chi connectivity index (χ2n) is 5.55. The van der Waals surface area contributed by atoms with E-state index in [0.717, 1.165) is 15.8 Å². The van der Waals surface area contributed by atoms with Crippen LogP contribution in [0, 0.1) is 5.41 Å². The van der Waals surface area contributed by atoms with Gasteiger partial charge in [0.2, 0.25) is 0 Å². The molecular formula is C18H14N4O2S. The van der Waals surface area contributed by atoms with Gasteiger partial charge in [-0.2, -0.15) is 5.10 Å². The molecular weight excluding hydrogens is 336 g/mol. The molecule has 25 heavy (non-hydrogen) atoms. The van der Waals surface area contributed by atoms with Gasteiger partial charge in [-0.25, -0.2) is 9.99 Å². The molecule has 0 amide bonds. The molecule has 2 heterocycles. The number of phenols is 1. The molecule has 0 radical (unpaired) electrons. The van der Waals surface area contributed by atoms with Crippen molar-refractivity contribution >= 4 is 39.2 Å². The van der Waals surface area contributed by atoms with E-state index in [1.165, 1.54) is 16.3 Å². The van der Waals surface area contributed by atoms with Crippen molar-refractivity contribution in [2.45, 2.75) is 0 Å². The Morgan fingerprint density at radius 1 is 1.12 bits per heavy atom. The number of fused-ring (bicyclic) bond motifs is 1. The van der Waals surface area contributed by atoms with Crippen molar-refractivity contribution in [1.82, 2.24) is 9.99 Å². The van der Waals surface area contributed by atoms with E-state index in [2.05, 4.69) is 10.1 Å². The number of aromatic hydroxyl groups is 1. The summed E-state index contributed by atoms with van der Waals surface area (Å²) in [5.41, 5.74) is 2.06. The zero-order chi connectivity index (χ0) is 17.4. The van der Waals surface area contributed by atoms with Crippen LogP contribution >= 0.6 is 11.3 Å². The average molecular weight is 350 g/mol. The molecule has 1 aliphatic rings. The van der Waals surface area contributed by atoms with E-state index in [9.17, 15) is 10.2 Å². The predicted octanol–water partition coefficient (Wildman–Crippen LogP) is 3.60. The molecule has 4 rings (SSSR count). The van der Waals surface area contributed by atoms with E-state index in [1.807, 2.05) is 24.3 Å². The van der Waals surface area contributed by atoms with Gasteiger partial charge in [0, 0.05) is 0 Å². The summed E-state index contributed by atoms with van der Waals surface area (Å²) in [7, 11) is 0. The van der Waals surface area contributed by atoms with E-state index in [0.29, 0.717) is 10.6 Å². The molecule has 0 unspecified atom stereocenters. The Bertz CT molecular complexity index is 988. The van der Waals surface area contributed by atoms with Crippen LogP contribution < -0.4 is 0 Å². The van der Waals surface area contributed by atoms with Gasteiger partial charge < -0.3 is 10.2 Å². The lowest BCUT2D eigenvalue weighted by atomic mass is 10.2. The third-order valence-electron chi connectivity index (χ3n) is 3.83. The number of rotatable bonds is 3. The van der Waals surface area contributed by atoms with Gasteiger partial charge in [0.15, 0.2) is 5.84 Å². The summed E-state index contributed by atoms with van der Waals surface area (Å²) >= 11 is 1.44. The van der Waals surface area contributed by atoms with E-state index >= 15 is 0 Å². The zero-order valence-corrected chi connectivity index (χ0v) is 13.9. The highest BCUT2D eigenvalue weighted by Crippen LogP contribution is 2.33. The fourth-order valence-corrected chi connectivity index (χ4v) is 3.60. The summed E-state index contributed by atoms with van der Waals surface area (Å²) in [4.78, 5) is 4.51. The maximum Gasteiger partial charge on any atom is 0.155 e. The van der Waals surface area contributed by atoms with Crippen molar-refractivity contribution in [3.63, 3.8) is 0 Å². The number of hydrogen-bond donors (Lipinski definition) is 3. The summed E-state index contributed by atoms with van der Waals surface area (Å²) in [6.07, 6.45) is 1.59. The highest BCUT2D eigenvalue weighted by atomic mass is 32.1. The minimum absolute atomic E-state index is 0.0897. The molecule has 1 aromatic heterocycles. The number of hydrazone groups is 1. The van der Waals surface area contributed by atoms with Crippen molar-refractivity contribution in [3.05, 3.63) is 64.9 Å². The molecule has 0 saturated carbocycles. The number of hydrogen-bond acceptors (Lipinski definition) is 6. The van der Waals surface area contributed by atoms with Crippen LogP contribution in [0.15, 0.2) is 59.4 Å². The molecule has 0 spiro atoms. The Morgan fingerprint density at radius 3 is 2.64 bits per heavy atom. The smallest absolute Gasteiger partial charge is 0.155 e. The van der Waals surface area contributed by atoms with Gasteiger partial charge in [-0.05, 0) is 42.0 Å². The molecule has 7 heteroatoms. The number of para-hydroxylation sites is 1. The van der Waals surface area contributed by atoms with E-state index in [1.54, 1.807) is 30.5 Å². The van der Waals surface area contributed by atoms with Gasteiger partial charge in [-0.1, -0.05) is 12.1 Å². The van der Waals surface area contributed by atoms with Gasteiger partial charge in [0.05, 0.1) is 22.0 Å². The highest BCUT2D eigenvalue weighted by Gasteiger charge is 2.30. The quantitative estimate of drug-likeness (QED) is 0.629. The molecule has 0 fully saturated rings. The van der Waals surface area contributed by atoms with Crippen LogP contribution in [0.3, 0.4) is 0 Å². The second-order valence-corrected chi connectivity index (χ2v) is 6.58. The number of thiazole rings is 1. The predicted molar refractivity (Wildman–Crippen MR) is 99.3 cm³/mol. The van der Waals surface area contributed by atoms with Crippen LogP contribution in [0.4, 0.5) is 0 Å². The molecule has 3 N–H and O–H groups in total. The number of aliphatic hydroxyl groups excluding tert-OH is 1. The largest absolute Gasteiger partial charge is 0.509 e. The first-order valence-corrected chi connectivity index (χ1v) is 8.41. The molecule has 0 bridgehead atoms. The Labute approximate surface area is 147 Å². The van der Waals surface area contributed by atoms with Crippen LogP contribution in [0.1, 0.15) is 10.6 Å². The molecule has 1 aliphatic heterocycles. The SMILES string of the molecule is N=C1C(c2nc3ccccc3s2)=C(O)CN1N=Cc1ccc(O)cc1. The van der Waals surface area contributed by atoms with Gasteiger partial charge in [0.1, 0.15) is 23.1 Å². The van der Waals surface area contributed by atoms with Crippen LogP contribution in [0.2, 0.25) is 0 Å². The lowest BCUT2D eigenvalue weighted by molar-refractivity contribution is 0.358.